The van der Waals surface area contributed by atoms with Gasteiger partial charge in [0.1, 0.15) is 5.82 Å². The zero-order valence-corrected chi connectivity index (χ0v) is 15.4. The van der Waals surface area contributed by atoms with Crippen LogP contribution >= 0.6 is 0 Å². The highest BCUT2D eigenvalue weighted by molar-refractivity contribution is 6.02. The molecule has 2 aromatic carbocycles. The van der Waals surface area contributed by atoms with Gasteiger partial charge in [-0.25, -0.2) is 9.55 Å². The fraction of sp³-hybridized carbons (Fsp3) is 0.0870. The standard InChI is InChI=1S/C23H19N3O2/c1-2-16-9-3-6-12-20(16)25-15-19-17-10-4-5-11-18(17)22(27)26(23(19)28)21-13-7-8-14-24-21/h3-15,28H,2H2,1H3. The maximum atomic E-state index is 13.0. The fourth-order valence-corrected chi connectivity index (χ4v) is 3.26. The number of aliphatic imine (C=N–C) groups is 1. The molecular weight excluding hydrogens is 350 g/mol. The predicted molar refractivity (Wildman–Crippen MR) is 112 cm³/mol. The number of para-hydroxylation sites is 1. The van der Waals surface area contributed by atoms with E-state index in [1.54, 1.807) is 42.7 Å². The van der Waals surface area contributed by atoms with Crippen LogP contribution in [0.3, 0.4) is 0 Å². The Morgan fingerprint density at radius 2 is 1.71 bits per heavy atom. The number of aromatic nitrogens is 2. The molecule has 2 heterocycles. The molecule has 2 aromatic heterocycles. The highest BCUT2D eigenvalue weighted by Gasteiger charge is 2.16. The lowest BCUT2D eigenvalue weighted by molar-refractivity contribution is 0.435. The quantitative estimate of drug-likeness (QED) is 0.542. The Balaban J connectivity index is 1.98. The molecule has 5 nitrogen and oxygen atoms in total. The number of rotatable bonds is 4. The van der Waals surface area contributed by atoms with E-state index in [1.807, 2.05) is 36.4 Å². The van der Waals surface area contributed by atoms with E-state index in [2.05, 4.69) is 16.9 Å². The summed E-state index contributed by atoms with van der Waals surface area (Å²) < 4.78 is 1.22. The van der Waals surface area contributed by atoms with E-state index in [-0.39, 0.29) is 11.4 Å². The van der Waals surface area contributed by atoms with E-state index in [0.29, 0.717) is 22.2 Å². The number of pyridine rings is 2. The number of hydrogen-bond donors (Lipinski definition) is 1. The molecule has 4 aromatic rings. The van der Waals surface area contributed by atoms with Crippen LogP contribution in [-0.2, 0) is 6.42 Å². The smallest absolute Gasteiger partial charge is 0.267 e. The first-order valence-corrected chi connectivity index (χ1v) is 9.10. The molecule has 0 aliphatic carbocycles. The molecule has 0 aliphatic heterocycles. The summed E-state index contributed by atoms with van der Waals surface area (Å²) in [5.74, 6) is 0.180. The Kier molecular flexibility index (Phi) is 4.72. The normalized spacial score (nSPS) is 11.3. The van der Waals surface area contributed by atoms with Gasteiger partial charge >= 0.3 is 0 Å². The Hall–Kier alpha value is -3.73. The SMILES string of the molecule is CCc1ccccc1N=Cc1c(O)n(-c2ccccn2)c(=O)c2ccccc12. The van der Waals surface area contributed by atoms with Gasteiger partial charge < -0.3 is 5.11 Å². The lowest BCUT2D eigenvalue weighted by Gasteiger charge is -2.13. The molecule has 28 heavy (non-hydrogen) atoms. The summed E-state index contributed by atoms with van der Waals surface area (Å²) in [5.41, 5.74) is 2.11. The summed E-state index contributed by atoms with van der Waals surface area (Å²) >= 11 is 0. The zero-order chi connectivity index (χ0) is 19.5. The minimum atomic E-state index is -0.321. The van der Waals surface area contributed by atoms with Gasteiger partial charge in [-0.1, -0.05) is 49.4 Å². The summed E-state index contributed by atoms with van der Waals surface area (Å²) in [6.07, 6.45) is 4.06. The molecule has 0 aliphatic rings. The van der Waals surface area contributed by atoms with Gasteiger partial charge in [-0.05, 0) is 36.2 Å². The van der Waals surface area contributed by atoms with E-state index >= 15 is 0 Å². The summed E-state index contributed by atoms with van der Waals surface area (Å²) in [5, 5.41) is 12.1. The summed E-state index contributed by atoms with van der Waals surface area (Å²) in [7, 11) is 0. The van der Waals surface area contributed by atoms with Gasteiger partial charge in [0.05, 0.1) is 11.3 Å². The number of aromatic hydroxyl groups is 1. The third-order valence-electron chi connectivity index (χ3n) is 4.69. The molecule has 0 unspecified atom stereocenters. The van der Waals surface area contributed by atoms with Crippen LogP contribution in [0.5, 0.6) is 5.88 Å². The molecular formula is C23H19N3O2. The lowest BCUT2D eigenvalue weighted by atomic mass is 10.1. The minimum absolute atomic E-state index is 0.180. The van der Waals surface area contributed by atoms with Gasteiger partial charge in [0, 0.05) is 23.2 Å². The van der Waals surface area contributed by atoms with Crippen LogP contribution < -0.4 is 5.56 Å². The van der Waals surface area contributed by atoms with Crippen molar-refractivity contribution in [1.29, 1.82) is 0 Å². The third-order valence-corrected chi connectivity index (χ3v) is 4.69. The van der Waals surface area contributed by atoms with E-state index in [4.69, 9.17) is 0 Å². The van der Waals surface area contributed by atoms with E-state index in [0.717, 1.165) is 17.7 Å². The third kappa shape index (κ3) is 3.07. The Labute approximate surface area is 162 Å². The van der Waals surface area contributed by atoms with Crippen molar-refractivity contribution in [1.82, 2.24) is 9.55 Å². The average molecular weight is 369 g/mol. The first-order chi connectivity index (χ1) is 13.7. The molecule has 1 N–H and O–H groups in total. The van der Waals surface area contributed by atoms with Crippen molar-refractivity contribution >= 4 is 22.7 Å². The summed E-state index contributed by atoms with van der Waals surface area (Å²) in [6, 6.07) is 20.3. The number of fused-ring (bicyclic) bond motifs is 1. The van der Waals surface area contributed by atoms with Crippen molar-refractivity contribution in [3.8, 4) is 11.7 Å². The number of aryl methyl sites for hydroxylation is 1. The Morgan fingerprint density at radius 3 is 2.46 bits per heavy atom. The summed E-state index contributed by atoms with van der Waals surface area (Å²) in [6.45, 7) is 2.07. The van der Waals surface area contributed by atoms with Gasteiger partial charge in [-0.15, -0.1) is 0 Å². The maximum absolute atomic E-state index is 13.0. The van der Waals surface area contributed by atoms with Gasteiger partial charge in [0.25, 0.3) is 5.56 Å². The number of nitrogens with zero attached hydrogens (tertiary/aromatic N) is 3. The zero-order valence-electron chi connectivity index (χ0n) is 15.4. The van der Waals surface area contributed by atoms with Crippen LogP contribution in [0.2, 0.25) is 0 Å². The monoisotopic (exact) mass is 369 g/mol. The van der Waals surface area contributed by atoms with Crippen molar-refractivity contribution in [2.45, 2.75) is 13.3 Å². The second-order valence-electron chi connectivity index (χ2n) is 6.35. The van der Waals surface area contributed by atoms with E-state index < -0.39 is 0 Å². The van der Waals surface area contributed by atoms with Crippen LogP contribution in [-0.4, -0.2) is 20.9 Å². The molecule has 0 saturated carbocycles. The van der Waals surface area contributed by atoms with Crippen molar-refractivity contribution in [3.63, 3.8) is 0 Å². The molecule has 5 heteroatoms. The van der Waals surface area contributed by atoms with Crippen molar-refractivity contribution in [2.75, 3.05) is 0 Å². The van der Waals surface area contributed by atoms with E-state index in [1.165, 1.54) is 4.57 Å². The van der Waals surface area contributed by atoms with Crippen LogP contribution in [0.25, 0.3) is 16.6 Å². The summed E-state index contributed by atoms with van der Waals surface area (Å²) in [4.78, 5) is 21.8. The van der Waals surface area contributed by atoms with Gasteiger partial charge in [0.2, 0.25) is 5.88 Å². The largest absolute Gasteiger partial charge is 0.494 e. The fourth-order valence-electron chi connectivity index (χ4n) is 3.26. The van der Waals surface area contributed by atoms with Crippen molar-refractivity contribution in [2.24, 2.45) is 4.99 Å². The minimum Gasteiger partial charge on any atom is -0.494 e. The second-order valence-corrected chi connectivity index (χ2v) is 6.35. The van der Waals surface area contributed by atoms with Gasteiger partial charge in [-0.2, -0.15) is 0 Å². The Bertz CT molecular complexity index is 1230. The predicted octanol–water partition coefficient (Wildman–Crippen LogP) is 4.40. The molecule has 138 valence electrons. The van der Waals surface area contributed by atoms with Crippen LogP contribution in [0.1, 0.15) is 18.1 Å². The first-order valence-electron chi connectivity index (χ1n) is 9.10. The topological polar surface area (TPSA) is 67.5 Å². The average Bonchev–Trinajstić information content (AvgIpc) is 2.75. The second kappa shape index (κ2) is 7.48. The van der Waals surface area contributed by atoms with E-state index in [9.17, 15) is 9.90 Å². The molecule has 4 rings (SSSR count). The molecule has 0 radical (unpaired) electrons. The molecule has 0 spiro atoms. The van der Waals surface area contributed by atoms with Gasteiger partial charge in [-0.3, -0.25) is 9.79 Å². The highest BCUT2D eigenvalue weighted by Crippen LogP contribution is 2.26. The first kappa shape index (κ1) is 17.7. The number of hydrogen-bond acceptors (Lipinski definition) is 4. The lowest BCUT2D eigenvalue weighted by Crippen LogP contribution is -2.20. The molecule has 0 atom stereocenters. The molecule has 0 saturated heterocycles. The van der Waals surface area contributed by atoms with Crippen LogP contribution in [0.15, 0.2) is 82.7 Å². The van der Waals surface area contributed by atoms with Crippen LogP contribution in [0.4, 0.5) is 5.69 Å². The van der Waals surface area contributed by atoms with Crippen molar-refractivity contribution < 1.29 is 5.11 Å². The Morgan fingerprint density at radius 1 is 1.00 bits per heavy atom. The van der Waals surface area contributed by atoms with Gasteiger partial charge in [0.15, 0.2) is 0 Å². The van der Waals surface area contributed by atoms with Crippen LogP contribution in [0, 0.1) is 0 Å². The molecule has 0 fully saturated rings. The number of benzene rings is 2. The van der Waals surface area contributed by atoms with Crippen molar-refractivity contribution in [3.05, 3.63) is 94.4 Å². The molecule has 0 bridgehead atoms. The molecule has 0 amide bonds. The highest BCUT2D eigenvalue weighted by atomic mass is 16.3. The maximum Gasteiger partial charge on any atom is 0.267 e.